The van der Waals surface area contributed by atoms with Crippen LogP contribution >= 0.6 is 11.5 Å². The first kappa shape index (κ1) is 20.2. The Morgan fingerprint density at radius 2 is 1.96 bits per heavy atom. The van der Waals surface area contributed by atoms with E-state index in [1.165, 1.54) is 35.8 Å². The number of sulfonamides is 1. The van der Waals surface area contributed by atoms with Crippen LogP contribution in [0.15, 0.2) is 53.6 Å². The SMILES string of the molecule is CC[C@H](C)NS(=O)(=O)c1ccc(OCC(=O)Nc2ccc3sncc3c2)cc1. The second kappa shape index (κ2) is 8.68. The molecule has 0 aliphatic rings. The van der Waals surface area contributed by atoms with E-state index >= 15 is 0 Å². The molecule has 0 saturated carbocycles. The van der Waals surface area contributed by atoms with Crippen molar-refractivity contribution in [1.82, 2.24) is 9.10 Å². The molecule has 2 N–H and O–H groups in total. The van der Waals surface area contributed by atoms with Crippen molar-refractivity contribution in [3.63, 3.8) is 0 Å². The smallest absolute Gasteiger partial charge is 0.262 e. The molecule has 2 aromatic carbocycles. The zero-order chi connectivity index (χ0) is 20.1. The average Bonchev–Trinajstić information content (AvgIpc) is 3.14. The van der Waals surface area contributed by atoms with Crippen molar-refractivity contribution >= 4 is 43.2 Å². The third-order valence-corrected chi connectivity index (χ3v) is 6.49. The van der Waals surface area contributed by atoms with Crippen LogP contribution in [0.3, 0.4) is 0 Å². The van der Waals surface area contributed by atoms with E-state index in [2.05, 4.69) is 14.4 Å². The lowest BCUT2D eigenvalue weighted by molar-refractivity contribution is -0.118. The molecule has 0 aliphatic heterocycles. The van der Waals surface area contributed by atoms with Crippen LogP contribution in [0.5, 0.6) is 5.75 Å². The van der Waals surface area contributed by atoms with Gasteiger partial charge in [0.15, 0.2) is 6.61 Å². The van der Waals surface area contributed by atoms with Gasteiger partial charge in [0.05, 0.1) is 9.60 Å². The van der Waals surface area contributed by atoms with Crippen molar-refractivity contribution in [2.24, 2.45) is 0 Å². The van der Waals surface area contributed by atoms with E-state index in [9.17, 15) is 13.2 Å². The average molecular weight is 420 g/mol. The molecule has 1 amide bonds. The van der Waals surface area contributed by atoms with Gasteiger partial charge in [0.25, 0.3) is 5.91 Å². The number of ether oxygens (including phenoxy) is 1. The summed E-state index contributed by atoms with van der Waals surface area (Å²) in [6.45, 7) is 3.53. The fraction of sp³-hybridized carbons (Fsp3) is 0.263. The second-order valence-corrected chi connectivity index (χ2v) is 8.86. The largest absolute Gasteiger partial charge is 0.484 e. The molecule has 28 heavy (non-hydrogen) atoms. The molecule has 0 unspecified atom stereocenters. The predicted molar refractivity (Wildman–Crippen MR) is 110 cm³/mol. The molecule has 0 spiro atoms. The van der Waals surface area contributed by atoms with E-state index in [0.29, 0.717) is 17.9 Å². The molecule has 1 aromatic heterocycles. The molecule has 0 radical (unpaired) electrons. The number of rotatable bonds is 8. The van der Waals surface area contributed by atoms with Gasteiger partial charge < -0.3 is 10.1 Å². The van der Waals surface area contributed by atoms with E-state index in [1.807, 2.05) is 25.1 Å². The third-order valence-electron chi connectivity index (χ3n) is 4.11. The Balaban J connectivity index is 1.56. The molecule has 0 fully saturated rings. The molecule has 3 aromatic rings. The van der Waals surface area contributed by atoms with E-state index in [-0.39, 0.29) is 23.5 Å². The van der Waals surface area contributed by atoms with Gasteiger partial charge in [-0.25, -0.2) is 13.1 Å². The molecule has 0 aliphatic carbocycles. The first-order valence-corrected chi connectivity index (χ1v) is 11.0. The lowest BCUT2D eigenvalue weighted by atomic mass is 10.2. The summed E-state index contributed by atoms with van der Waals surface area (Å²) in [7, 11) is -3.56. The van der Waals surface area contributed by atoms with Crippen LogP contribution in [0.2, 0.25) is 0 Å². The number of fused-ring (bicyclic) bond motifs is 1. The summed E-state index contributed by atoms with van der Waals surface area (Å²) in [4.78, 5) is 12.2. The standard InChI is InChI=1S/C19H21N3O4S2/c1-3-13(2)22-28(24,25)17-7-5-16(6-8-17)26-12-19(23)21-15-4-9-18-14(10-15)11-20-27-18/h4-11,13,22H,3,12H2,1-2H3,(H,21,23)/t13-/m0/s1. The van der Waals surface area contributed by atoms with Crippen LogP contribution in [0.25, 0.3) is 10.1 Å². The van der Waals surface area contributed by atoms with E-state index in [0.717, 1.165) is 10.1 Å². The Labute approximate surface area is 167 Å². The molecular weight excluding hydrogens is 398 g/mol. The van der Waals surface area contributed by atoms with Gasteiger partial charge in [-0.15, -0.1) is 0 Å². The molecule has 1 heterocycles. The number of aromatic nitrogens is 1. The Morgan fingerprint density at radius 1 is 1.21 bits per heavy atom. The molecule has 3 rings (SSSR count). The lowest BCUT2D eigenvalue weighted by Crippen LogP contribution is -2.31. The Bertz CT molecular complexity index is 1060. The molecule has 7 nitrogen and oxygen atoms in total. The van der Waals surface area contributed by atoms with Gasteiger partial charge in [0, 0.05) is 23.3 Å². The number of nitrogens with one attached hydrogen (secondary N) is 2. The van der Waals surface area contributed by atoms with Crippen LogP contribution in [-0.2, 0) is 14.8 Å². The van der Waals surface area contributed by atoms with Gasteiger partial charge in [-0.3, -0.25) is 4.79 Å². The van der Waals surface area contributed by atoms with Crippen molar-refractivity contribution in [3.05, 3.63) is 48.7 Å². The van der Waals surface area contributed by atoms with E-state index < -0.39 is 10.0 Å². The van der Waals surface area contributed by atoms with E-state index in [4.69, 9.17) is 4.74 Å². The minimum Gasteiger partial charge on any atom is -0.484 e. The van der Waals surface area contributed by atoms with Gasteiger partial charge in [-0.2, -0.15) is 4.37 Å². The van der Waals surface area contributed by atoms with Crippen molar-refractivity contribution < 1.29 is 17.9 Å². The third kappa shape index (κ3) is 5.06. The van der Waals surface area contributed by atoms with Gasteiger partial charge in [-0.1, -0.05) is 6.92 Å². The Hall–Kier alpha value is -2.49. The van der Waals surface area contributed by atoms with Crippen LogP contribution in [-0.4, -0.2) is 31.3 Å². The molecule has 148 valence electrons. The van der Waals surface area contributed by atoms with Crippen LogP contribution in [0, 0.1) is 0 Å². The van der Waals surface area contributed by atoms with Gasteiger partial charge >= 0.3 is 0 Å². The minimum absolute atomic E-state index is 0.145. The molecular formula is C19H21N3O4S2. The van der Waals surface area contributed by atoms with Gasteiger partial charge in [-0.05, 0) is 67.3 Å². The number of nitrogens with zero attached hydrogens (tertiary/aromatic N) is 1. The molecule has 0 saturated heterocycles. The predicted octanol–water partition coefficient (Wildman–Crippen LogP) is 3.39. The summed E-state index contributed by atoms with van der Waals surface area (Å²) in [6.07, 6.45) is 2.45. The Morgan fingerprint density at radius 3 is 2.68 bits per heavy atom. The highest BCUT2D eigenvalue weighted by molar-refractivity contribution is 7.89. The summed E-state index contributed by atoms with van der Waals surface area (Å²) in [5.74, 6) is 0.104. The topological polar surface area (TPSA) is 97.4 Å². The molecule has 0 bridgehead atoms. The maximum atomic E-state index is 12.2. The van der Waals surface area contributed by atoms with Crippen molar-refractivity contribution in [2.45, 2.75) is 31.2 Å². The summed E-state index contributed by atoms with van der Waals surface area (Å²) >= 11 is 1.39. The zero-order valence-electron chi connectivity index (χ0n) is 15.5. The lowest BCUT2D eigenvalue weighted by Gasteiger charge is -2.12. The quantitative estimate of drug-likeness (QED) is 0.583. The number of benzene rings is 2. The van der Waals surface area contributed by atoms with E-state index in [1.54, 1.807) is 13.1 Å². The maximum absolute atomic E-state index is 12.2. The fourth-order valence-electron chi connectivity index (χ4n) is 2.43. The van der Waals surface area contributed by atoms with Crippen LogP contribution in [0.1, 0.15) is 20.3 Å². The molecule has 9 heteroatoms. The highest BCUT2D eigenvalue weighted by Crippen LogP contribution is 2.22. The minimum atomic E-state index is -3.56. The monoisotopic (exact) mass is 419 g/mol. The number of anilines is 1. The van der Waals surface area contributed by atoms with Crippen molar-refractivity contribution in [3.8, 4) is 5.75 Å². The first-order chi connectivity index (χ1) is 13.4. The highest BCUT2D eigenvalue weighted by atomic mass is 32.2. The van der Waals surface area contributed by atoms with Gasteiger partial charge in [0.2, 0.25) is 10.0 Å². The van der Waals surface area contributed by atoms with Crippen molar-refractivity contribution in [1.29, 1.82) is 0 Å². The van der Waals surface area contributed by atoms with Crippen LogP contribution < -0.4 is 14.8 Å². The summed E-state index contributed by atoms with van der Waals surface area (Å²) < 4.78 is 37.7. The zero-order valence-corrected chi connectivity index (χ0v) is 17.1. The van der Waals surface area contributed by atoms with Crippen LogP contribution in [0.4, 0.5) is 5.69 Å². The second-order valence-electron chi connectivity index (χ2n) is 6.32. The highest BCUT2D eigenvalue weighted by Gasteiger charge is 2.16. The number of amides is 1. The number of carbonyl (C=O) groups excluding carboxylic acids is 1. The fourth-order valence-corrected chi connectivity index (χ4v) is 4.38. The Kier molecular flexibility index (Phi) is 6.28. The summed E-state index contributed by atoms with van der Waals surface area (Å²) in [5.41, 5.74) is 0.666. The van der Waals surface area contributed by atoms with Crippen molar-refractivity contribution in [2.75, 3.05) is 11.9 Å². The first-order valence-electron chi connectivity index (χ1n) is 8.77. The number of hydrogen-bond acceptors (Lipinski definition) is 6. The summed E-state index contributed by atoms with van der Waals surface area (Å²) in [6, 6.07) is 11.4. The summed E-state index contributed by atoms with van der Waals surface area (Å²) in [5, 5.41) is 3.73. The molecule has 1 atom stereocenters. The number of hydrogen-bond donors (Lipinski definition) is 2. The normalized spacial score (nSPS) is 12.6. The number of carbonyl (C=O) groups is 1. The maximum Gasteiger partial charge on any atom is 0.262 e. The van der Waals surface area contributed by atoms with Gasteiger partial charge in [0.1, 0.15) is 5.75 Å².